The van der Waals surface area contributed by atoms with Crippen LogP contribution in [0.1, 0.15) is 12.8 Å². The van der Waals surface area contributed by atoms with Gasteiger partial charge in [0.25, 0.3) is 0 Å². The third-order valence-corrected chi connectivity index (χ3v) is 6.07. The Morgan fingerprint density at radius 3 is 2.49 bits per heavy atom. The Labute approximate surface area is 203 Å². The molecule has 1 aliphatic carbocycles. The Bertz CT molecular complexity index is 1340. The van der Waals surface area contributed by atoms with Crippen LogP contribution in [0.15, 0.2) is 55.0 Å². The lowest BCUT2D eigenvalue weighted by Crippen LogP contribution is -2.33. The second-order valence-corrected chi connectivity index (χ2v) is 8.62. The van der Waals surface area contributed by atoms with E-state index in [0.717, 1.165) is 46.5 Å². The van der Waals surface area contributed by atoms with Crippen molar-refractivity contribution in [1.29, 1.82) is 0 Å². The molecule has 0 atom stereocenters. The van der Waals surface area contributed by atoms with Crippen molar-refractivity contribution in [1.82, 2.24) is 25.1 Å². The predicted molar refractivity (Wildman–Crippen MR) is 134 cm³/mol. The van der Waals surface area contributed by atoms with Crippen molar-refractivity contribution in [2.75, 3.05) is 32.2 Å². The molecule has 1 fully saturated rings. The van der Waals surface area contributed by atoms with Crippen LogP contribution in [-0.4, -0.2) is 53.0 Å². The zero-order valence-corrected chi connectivity index (χ0v) is 20.1. The average Bonchev–Trinajstić information content (AvgIpc) is 3.65. The second-order valence-electron chi connectivity index (χ2n) is 8.62. The molecular weight excluding hydrogens is 444 g/mol. The molecular formula is C26H28N6O3. The minimum absolute atomic E-state index is 0.124. The SMILES string of the molecule is COc1cc(OC)cc(N(CCNC(=O)C2CC2)c2ccc3ncc(-c4cnn(C)c4)nc3c2)c1. The summed E-state index contributed by atoms with van der Waals surface area (Å²) >= 11 is 0. The van der Waals surface area contributed by atoms with Crippen molar-refractivity contribution in [3.8, 4) is 22.8 Å². The average molecular weight is 473 g/mol. The van der Waals surface area contributed by atoms with Gasteiger partial charge >= 0.3 is 0 Å². The van der Waals surface area contributed by atoms with Gasteiger partial charge < -0.3 is 19.7 Å². The molecule has 5 rings (SSSR count). The lowest BCUT2D eigenvalue weighted by Gasteiger charge is -2.26. The number of carbonyl (C=O) groups excluding carboxylic acids is 1. The number of hydrogen-bond acceptors (Lipinski definition) is 7. The fraction of sp³-hybridized carbons (Fsp3) is 0.308. The number of nitrogens with zero attached hydrogens (tertiary/aromatic N) is 5. The molecule has 35 heavy (non-hydrogen) atoms. The Kier molecular flexibility index (Phi) is 6.22. The van der Waals surface area contributed by atoms with Crippen molar-refractivity contribution >= 4 is 28.3 Å². The van der Waals surface area contributed by atoms with E-state index in [1.54, 1.807) is 31.3 Å². The maximum atomic E-state index is 12.2. The fourth-order valence-corrected chi connectivity index (χ4v) is 4.00. The Hall–Kier alpha value is -4.14. The van der Waals surface area contributed by atoms with Gasteiger partial charge in [-0.15, -0.1) is 0 Å². The van der Waals surface area contributed by atoms with E-state index in [1.807, 2.05) is 49.6 Å². The van der Waals surface area contributed by atoms with Crippen molar-refractivity contribution in [2.45, 2.75) is 12.8 Å². The van der Waals surface area contributed by atoms with Gasteiger partial charge in [-0.3, -0.25) is 14.5 Å². The summed E-state index contributed by atoms with van der Waals surface area (Å²) in [4.78, 5) is 23.8. The molecule has 2 aromatic heterocycles. The largest absolute Gasteiger partial charge is 0.497 e. The number of aromatic nitrogens is 4. The maximum absolute atomic E-state index is 12.2. The van der Waals surface area contributed by atoms with Gasteiger partial charge in [-0.25, -0.2) is 4.98 Å². The first kappa shape index (κ1) is 22.6. The molecule has 1 amide bonds. The molecule has 180 valence electrons. The summed E-state index contributed by atoms with van der Waals surface area (Å²) in [7, 11) is 5.13. The summed E-state index contributed by atoms with van der Waals surface area (Å²) in [6, 6.07) is 11.7. The maximum Gasteiger partial charge on any atom is 0.223 e. The summed E-state index contributed by atoms with van der Waals surface area (Å²) in [6.07, 6.45) is 7.40. The van der Waals surface area contributed by atoms with E-state index in [1.165, 1.54) is 0 Å². The fourth-order valence-electron chi connectivity index (χ4n) is 4.00. The van der Waals surface area contributed by atoms with E-state index in [-0.39, 0.29) is 11.8 Å². The molecule has 9 heteroatoms. The number of amides is 1. The molecule has 0 aliphatic heterocycles. The third kappa shape index (κ3) is 5.03. The van der Waals surface area contributed by atoms with Crippen LogP contribution in [0.4, 0.5) is 11.4 Å². The van der Waals surface area contributed by atoms with Gasteiger partial charge in [-0.2, -0.15) is 5.10 Å². The highest BCUT2D eigenvalue weighted by molar-refractivity contribution is 5.83. The molecule has 9 nitrogen and oxygen atoms in total. The number of rotatable bonds is 9. The molecule has 1 N–H and O–H groups in total. The second kappa shape index (κ2) is 9.61. The Morgan fingerprint density at radius 2 is 1.83 bits per heavy atom. The molecule has 4 aromatic rings. The van der Waals surface area contributed by atoms with Crippen molar-refractivity contribution < 1.29 is 14.3 Å². The minimum atomic E-state index is 0.124. The summed E-state index contributed by atoms with van der Waals surface area (Å²) < 4.78 is 12.7. The molecule has 0 unspecified atom stereocenters. The van der Waals surface area contributed by atoms with Crippen LogP contribution in [0.25, 0.3) is 22.3 Å². The molecule has 0 saturated heterocycles. The van der Waals surface area contributed by atoms with Crippen LogP contribution >= 0.6 is 0 Å². The number of methoxy groups -OCH3 is 2. The van der Waals surface area contributed by atoms with Crippen LogP contribution in [0.3, 0.4) is 0 Å². The zero-order valence-electron chi connectivity index (χ0n) is 20.1. The minimum Gasteiger partial charge on any atom is -0.497 e. The van der Waals surface area contributed by atoms with Crippen molar-refractivity contribution in [2.24, 2.45) is 13.0 Å². The smallest absolute Gasteiger partial charge is 0.223 e. The highest BCUT2D eigenvalue weighted by Gasteiger charge is 2.29. The molecule has 0 radical (unpaired) electrons. The summed E-state index contributed by atoms with van der Waals surface area (Å²) in [6.45, 7) is 1.07. The Balaban J connectivity index is 1.51. The van der Waals surface area contributed by atoms with Gasteiger partial charge in [-0.05, 0) is 31.0 Å². The number of ether oxygens (including phenoxy) is 2. The van der Waals surface area contributed by atoms with E-state index in [9.17, 15) is 4.79 Å². The van der Waals surface area contributed by atoms with Gasteiger partial charge in [0.2, 0.25) is 5.91 Å². The number of fused-ring (bicyclic) bond motifs is 1. The van der Waals surface area contributed by atoms with Crippen LogP contribution < -0.4 is 19.7 Å². The first-order valence-corrected chi connectivity index (χ1v) is 11.6. The Morgan fingerprint density at radius 1 is 1.06 bits per heavy atom. The predicted octanol–water partition coefficient (Wildman–Crippen LogP) is 3.71. The number of aryl methyl sites for hydroxylation is 1. The summed E-state index contributed by atoms with van der Waals surface area (Å²) in [5.41, 5.74) is 5.04. The third-order valence-electron chi connectivity index (χ3n) is 6.07. The summed E-state index contributed by atoms with van der Waals surface area (Å²) in [5.74, 6) is 1.66. The van der Waals surface area contributed by atoms with Crippen LogP contribution in [0.5, 0.6) is 11.5 Å². The number of anilines is 2. The standard InChI is InChI=1S/C26H28N6O3/c1-31-16-18(14-29-31)25-15-28-23-7-6-19(12-24(23)30-25)32(9-8-27-26(33)17-4-5-17)20-10-21(34-2)13-22(11-20)35-3/h6-7,10-17H,4-5,8-9H2,1-3H3,(H,27,33). The molecule has 1 aliphatic rings. The number of carbonyl (C=O) groups is 1. The topological polar surface area (TPSA) is 94.4 Å². The van der Waals surface area contributed by atoms with Crippen molar-refractivity contribution in [3.63, 3.8) is 0 Å². The van der Waals surface area contributed by atoms with Gasteiger partial charge in [-0.1, -0.05) is 0 Å². The van der Waals surface area contributed by atoms with Gasteiger partial charge in [0.1, 0.15) is 11.5 Å². The summed E-state index contributed by atoms with van der Waals surface area (Å²) in [5, 5.41) is 7.30. The van der Waals surface area contributed by atoms with E-state index in [2.05, 4.69) is 20.3 Å². The van der Waals surface area contributed by atoms with Gasteiger partial charge in [0.15, 0.2) is 0 Å². The van der Waals surface area contributed by atoms with E-state index in [4.69, 9.17) is 14.5 Å². The van der Waals surface area contributed by atoms with Crippen LogP contribution in [0, 0.1) is 5.92 Å². The van der Waals surface area contributed by atoms with Gasteiger partial charge in [0.05, 0.1) is 43.3 Å². The van der Waals surface area contributed by atoms with Crippen LogP contribution in [0.2, 0.25) is 0 Å². The number of benzene rings is 2. The lowest BCUT2D eigenvalue weighted by molar-refractivity contribution is -0.122. The lowest BCUT2D eigenvalue weighted by atomic mass is 10.2. The van der Waals surface area contributed by atoms with Gasteiger partial charge in [0, 0.05) is 67.4 Å². The highest BCUT2D eigenvalue weighted by Crippen LogP contribution is 2.34. The molecule has 0 spiro atoms. The van der Waals surface area contributed by atoms with E-state index in [0.29, 0.717) is 24.6 Å². The van der Waals surface area contributed by atoms with E-state index < -0.39 is 0 Å². The quantitative estimate of drug-likeness (QED) is 0.397. The first-order valence-electron chi connectivity index (χ1n) is 11.6. The molecule has 2 aromatic carbocycles. The zero-order chi connectivity index (χ0) is 24.4. The monoisotopic (exact) mass is 472 g/mol. The molecule has 2 heterocycles. The molecule has 1 saturated carbocycles. The highest BCUT2D eigenvalue weighted by atomic mass is 16.5. The normalized spacial score (nSPS) is 13.0. The van der Waals surface area contributed by atoms with Crippen molar-refractivity contribution in [3.05, 3.63) is 55.0 Å². The number of hydrogen-bond donors (Lipinski definition) is 1. The van der Waals surface area contributed by atoms with Crippen LogP contribution in [-0.2, 0) is 11.8 Å². The first-order chi connectivity index (χ1) is 17.0. The molecule has 0 bridgehead atoms. The van der Waals surface area contributed by atoms with E-state index >= 15 is 0 Å². The number of nitrogens with one attached hydrogen (secondary N) is 1.